The molecule has 1 heterocycles. The predicted molar refractivity (Wildman–Crippen MR) is 146 cm³/mol. The highest BCUT2D eigenvalue weighted by Crippen LogP contribution is 2.48. The van der Waals surface area contributed by atoms with Gasteiger partial charge in [-0.3, -0.25) is 9.59 Å². The van der Waals surface area contributed by atoms with Gasteiger partial charge in [0.1, 0.15) is 5.75 Å². The number of phenolic OH excluding ortho intramolecular Hbond substituents is 1. The molecule has 1 aliphatic heterocycles. The number of carbonyl (C=O) groups is 3. The van der Waals surface area contributed by atoms with Gasteiger partial charge in [-0.05, 0) is 59.6 Å². The number of rotatable bonds is 8. The van der Waals surface area contributed by atoms with Crippen LogP contribution in [0, 0.1) is 23.7 Å². The van der Waals surface area contributed by atoms with Crippen LogP contribution in [0.3, 0.4) is 0 Å². The van der Waals surface area contributed by atoms with Crippen LogP contribution in [0.25, 0.3) is 11.6 Å². The molecule has 1 aliphatic carbocycles. The number of likely N-dealkylation sites (tertiary alicyclic amines) is 1. The average Bonchev–Trinajstić information content (AvgIpc) is 3.18. The number of hydrogen-bond donors (Lipinski definition) is 3. The molecule has 0 unspecified atom stereocenters. The summed E-state index contributed by atoms with van der Waals surface area (Å²) in [6.07, 6.45) is 0.965. The number of ether oxygens (including phenoxy) is 1. The van der Waals surface area contributed by atoms with E-state index in [0.717, 1.165) is 29.4 Å². The van der Waals surface area contributed by atoms with Crippen LogP contribution in [0.1, 0.15) is 44.2 Å². The van der Waals surface area contributed by atoms with Gasteiger partial charge in [0.25, 0.3) is 0 Å². The van der Waals surface area contributed by atoms with Crippen LogP contribution >= 0.6 is 0 Å². The summed E-state index contributed by atoms with van der Waals surface area (Å²) in [5.41, 5.74) is 4.14. The summed E-state index contributed by atoms with van der Waals surface area (Å²) >= 11 is 0. The van der Waals surface area contributed by atoms with Crippen molar-refractivity contribution in [2.45, 2.75) is 39.2 Å². The molecule has 8 nitrogen and oxygen atoms in total. The van der Waals surface area contributed by atoms with Crippen molar-refractivity contribution in [3.63, 3.8) is 0 Å². The van der Waals surface area contributed by atoms with Gasteiger partial charge in [0.2, 0.25) is 11.8 Å². The lowest BCUT2D eigenvalue weighted by Gasteiger charge is -2.38. The zero-order valence-electron chi connectivity index (χ0n) is 22.4. The van der Waals surface area contributed by atoms with E-state index in [1.54, 1.807) is 18.2 Å². The molecule has 0 bridgehead atoms. The first-order valence-corrected chi connectivity index (χ1v) is 13.2. The SMILES string of the molecule is COC(=O)N1C(=O)[C@@H]2[C@@H](CC(C(C)C)=C([C@H](O)CC/C(=C/c3cccc(O)c3)c3ccccc3)[C@@H]2CO)C1=O. The number of amides is 3. The largest absolute Gasteiger partial charge is 0.508 e. The van der Waals surface area contributed by atoms with Crippen molar-refractivity contribution in [2.75, 3.05) is 13.7 Å². The Kier molecular flexibility index (Phi) is 8.67. The van der Waals surface area contributed by atoms with E-state index in [2.05, 4.69) is 4.74 Å². The topological polar surface area (TPSA) is 124 Å². The molecule has 2 aliphatic rings. The van der Waals surface area contributed by atoms with Crippen LogP contribution in [0.15, 0.2) is 65.7 Å². The van der Waals surface area contributed by atoms with Crippen molar-refractivity contribution < 1.29 is 34.4 Å². The number of methoxy groups -OCH3 is 1. The van der Waals surface area contributed by atoms with E-state index in [1.165, 1.54) is 0 Å². The summed E-state index contributed by atoms with van der Waals surface area (Å²) in [7, 11) is 1.11. The lowest BCUT2D eigenvalue weighted by molar-refractivity contribution is -0.137. The van der Waals surface area contributed by atoms with E-state index in [1.807, 2.05) is 56.3 Å². The number of allylic oxidation sites excluding steroid dienone is 2. The fraction of sp³-hybridized carbons (Fsp3) is 0.387. The Hall–Kier alpha value is -3.75. The lowest BCUT2D eigenvalue weighted by Crippen LogP contribution is -2.40. The second-order valence-corrected chi connectivity index (χ2v) is 10.4. The molecular weight excluding hydrogens is 498 g/mol. The van der Waals surface area contributed by atoms with Gasteiger partial charge in [-0.15, -0.1) is 0 Å². The first-order chi connectivity index (χ1) is 18.7. The molecule has 0 saturated carbocycles. The van der Waals surface area contributed by atoms with Crippen LogP contribution in [-0.4, -0.2) is 57.9 Å². The molecule has 4 rings (SSSR count). The maximum atomic E-state index is 13.2. The van der Waals surface area contributed by atoms with E-state index in [9.17, 15) is 29.7 Å². The monoisotopic (exact) mass is 533 g/mol. The summed E-state index contributed by atoms with van der Waals surface area (Å²) in [6.45, 7) is 3.46. The summed E-state index contributed by atoms with van der Waals surface area (Å²) < 4.78 is 4.66. The Morgan fingerprint density at radius 1 is 1.10 bits per heavy atom. The van der Waals surface area contributed by atoms with Gasteiger partial charge in [-0.1, -0.05) is 68.0 Å². The van der Waals surface area contributed by atoms with Crippen molar-refractivity contribution in [3.05, 3.63) is 76.9 Å². The molecule has 8 heteroatoms. The molecule has 1 saturated heterocycles. The number of aliphatic hydroxyl groups excluding tert-OH is 2. The number of carbonyl (C=O) groups excluding carboxylic acids is 3. The first-order valence-electron chi connectivity index (χ1n) is 13.2. The number of imide groups is 3. The lowest BCUT2D eigenvalue weighted by atomic mass is 9.66. The second-order valence-electron chi connectivity index (χ2n) is 10.4. The van der Waals surface area contributed by atoms with E-state index in [4.69, 9.17) is 0 Å². The van der Waals surface area contributed by atoms with Crippen LogP contribution in [0.4, 0.5) is 4.79 Å². The Balaban J connectivity index is 1.66. The number of phenols is 1. The third kappa shape index (κ3) is 5.67. The van der Waals surface area contributed by atoms with Gasteiger partial charge in [-0.2, -0.15) is 4.90 Å². The first kappa shape index (κ1) is 28.3. The highest BCUT2D eigenvalue weighted by molar-refractivity contribution is 6.16. The van der Waals surface area contributed by atoms with E-state index in [0.29, 0.717) is 23.3 Å². The van der Waals surface area contributed by atoms with Crippen LogP contribution in [0.5, 0.6) is 5.75 Å². The van der Waals surface area contributed by atoms with Gasteiger partial charge in [0.15, 0.2) is 0 Å². The van der Waals surface area contributed by atoms with Gasteiger partial charge >= 0.3 is 6.09 Å². The smallest absolute Gasteiger partial charge is 0.423 e. The van der Waals surface area contributed by atoms with Crippen molar-refractivity contribution in [3.8, 4) is 5.75 Å². The molecule has 3 amide bonds. The van der Waals surface area contributed by atoms with Gasteiger partial charge in [0.05, 0.1) is 31.7 Å². The van der Waals surface area contributed by atoms with Crippen molar-refractivity contribution in [1.82, 2.24) is 4.90 Å². The number of fused-ring (bicyclic) bond motifs is 1. The summed E-state index contributed by atoms with van der Waals surface area (Å²) in [4.78, 5) is 39.0. The number of aliphatic hydroxyl groups is 2. The van der Waals surface area contributed by atoms with Crippen LogP contribution in [0.2, 0.25) is 0 Å². The molecule has 0 spiro atoms. The molecule has 0 aromatic heterocycles. The minimum absolute atomic E-state index is 0.0452. The van der Waals surface area contributed by atoms with Crippen molar-refractivity contribution >= 4 is 29.6 Å². The zero-order valence-corrected chi connectivity index (χ0v) is 22.4. The minimum Gasteiger partial charge on any atom is -0.508 e. The van der Waals surface area contributed by atoms with E-state index >= 15 is 0 Å². The quantitative estimate of drug-likeness (QED) is 0.261. The van der Waals surface area contributed by atoms with Crippen molar-refractivity contribution in [2.24, 2.45) is 23.7 Å². The average molecular weight is 534 g/mol. The molecular formula is C31H35NO7. The molecule has 3 N–H and O–H groups in total. The maximum absolute atomic E-state index is 13.2. The van der Waals surface area contributed by atoms with Gasteiger partial charge in [0, 0.05) is 5.92 Å². The van der Waals surface area contributed by atoms with Crippen LogP contribution in [-0.2, 0) is 14.3 Å². The predicted octanol–water partition coefficient (Wildman–Crippen LogP) is 4.41. The van der Waals surface area contributed by atoms with Crippen LogP contribution < -0.4 is 0 Å². The summed E-state index contributed by atoms with van der Waals surface area (Å²) in [5.74, 6) is -3.73. The summed E-state index contributed by atoms with van der Waals surface area (Å²) in [5, 5.41) is 31.9. The Morgan fingerprint density at radius 3 is 2.44 bits per heavy atom. The zero-order chi connectivity index (χ0) is 28.3. The molecule has 2 aromatic rings. The number of hydrogen-bond acceptors (Lipinski definition) is 7. The molecule has 4 atom stereocenters. The third-order valence-electron chi connectivity index (χ3n) is 7.77. The normalized spacial score (nSPS) is 22.4. The minimum atomic E-state index is -1.03. The molecule has 206 valence electrons. The molecule has 39 heavy (non-hydrogen) atoms. The van der Waals surface area contributed by atoms with E-state index < -0.39 is 48.4 Å². The Morgan fingerprint density at radius 2 is 1.82 bits per heavy atom. The number of benzene rings is 2. The standard InChI is InChI=1S/C31H35NO7/c1-18(2)23-16-24-28(30(37)32(29(24)36)31(38)39-3)25(17-33)27(23)26(35)13-12-21(20-9-5-4-6-10-20)14-19-8-7-11-22(34)15-19/h4-11,14-15,18,24-26,28,33-35H,12-13,16-17H2,1-3H3/b21-14-/t24-,25+,26-,28-/m1/s1. The number of nitrogens with zero attached hydrogens (tertiary/aromatic N) is 1. The maximum Gasteiger partial charge on any atom is 0.423 e. The fourth-order valence-electron chi connectivity index (χ4n) is 5.93. The highest BCUT2D eigenvalue weighted by atomic mass is 16.5. The molecule has 1 fully saturated rings. The van der Waals surface area contributed by atoms with E-state index in [-0.39, 0.29) is 18.1 Å². The third-order valence-corrected chi connectivity index (χ3v) is 7.77. The van der Waals surface area contributed by atoms with Gasteiger partial charge in [-0.25, -0.2) is 4.79 Å². The van der Waals surface area contributed by atoms with Gasteiger partial charge < -0.3 is 20.1 Å². The Bertz CT molecular complexity index is 1300. The number of aromatic hydroxyl groups is 1. The Labute approximate surface area is 228 Å². The fourth-order valence-corrected chi connectivity index (χ4v) is 5.93. The molecule has 2 aromatic carbocycles. The molecule has 0 radical (unpaired) electrons. The summed E-state index contributed by atoms with van der Waals surface area (Å²) in [6, 6.07) is 16.7. The van der Waals surface area contributed by atoms with Crippen molar-refractivity contribution in [1.29, 1.82) is 0 Å². The highest BCUT2D eigenvalue weighted by Gasteiger charge is 2.57. The second kappa shape index (κ2) is 12.0.